The molecular formula is C4H7ClO2S. The maximum Gasteiger partial charge on any atom is 0.174 e. The van der Waals surface area contributed by atoms with E-state index in [0.717, 1.165) is 6.42 Å². The minimum atomic E-state index is -1.19. The standard InChI is InChI=1S/C4H7ClO2S/c5-8(6)4-1-2-7-3-4/h4H,1-3H2. The highest BCUT2D eigenvalue weighted by Crippen LogP contribution is 2.16. The lowest BCUT2D eigenvalue weighted by Crippen LogP contribution is -2.15. The molecule has 0 saturated carbocycles. The van der Waals surface area contributed by atoms with Gasteiger partial charge in [-0.3, -0.25) is 0 Å². The molecule has 0 amide bonds. The second-order valence-corrected chi connectivity index (χ2v) is 3.81. The number of ether oxygens (including phenoxy) is 1. The first kappa shape index (κ1) is 6.68. The lowest BCUT2D eigenvalue weighted by atomic mass is 10.4. The van der Waals surface area contributed by atoms with Crippen LogP contribution in [0.25, 0.3) is 0 Å². The van der Waals surface area contributed by atoms with Crippen LogP contribution in [0.3, 0.4) is 0 Å². The molecule has 2 nitrogen and oxygen atoms in total. The summed E-state index contributed by atoms with van der Waals surface area (Å²) in [6.07, 6.45) is 0.843. The van der Waals surface area contributed by atoms with Gasteiger partial charge in [0.25, 0.3) is 0 Å². The van der Waals surface area contributed by atoms with Crippen LogP contribution < -0.4 is 0 Å². The second-order valence-electron chi connectivity index (χ2n) is 1.73. The third-order valence-corrected chi connectivity index (χ3v) is 2.80. The van der Waals surface area contributed by atoms with Gasteiger partial charge in [-0.15, -0.1) is 0 Å². The molecule has 0 spiro atoms. The molecule has 0 aromatic heterocycles. The van der Waals surface area contributed by atoms with Gasteiger partial charge in [0.15, 0.2) is 15.9 Å². The Balaban J connectivity index is 2.24. The minimum Gasteiger partial charge on any atom is -0.599 e. The van der Waals surface area contributed by atoms with Crippen molar-refractivity contribution in [2.24, 2.45) is 0 Å². The maximum absolute atomic E-state index is 10.4. The van der Waals surface area contributed by atoms with Crippen LogP contribution in [0.15, 0.2) is 0 Å². The van der Waals surface area contributed by atoms with E-state index in [0.29, 0.717) is 13.2 Å². The molecule has 0 aliphatic carbocycles. The Morgan fingerprint density at radius 3 is 2.75 bits per heavy atom. The average Bonchev–Trinajstić information content (AvgIpc) is 2.12. The van der Waals surface area contributed by atoms with Gasteiger partial charge in [0.2, 0.25) is 0 Å². The monoisotopic (exact) mass is 154 g/mol. The topological polar surface area (TPSA) is 32.3 Å². The lowest BCUT2D eigenvalue weighted by molar-refractivity contribution is 0.198. The van der Waals surface area contributed by atoms with Crippen LogP contribution >= 0.6 is 10.7 Å². The average molecular weight is 155 g/mol. The van der Waals surface area contributed by atoms with Gasteiger partial charge in [-0.2, -0.15) is 0 Å². The molecule has 1 saturated heterocycles. The van der Waals surface area contributed by atoms with E-state index in [9.17, 15) is 4.55 Å². The highest BCUT2D eigenvalue weighted by Gasteiger charge is 2.26. The molecule has 0 aromatic rings. The van der Waals surface area contributed by atoms with Crippen molar-refractivity contribution in [1.29, 1.82) is 0 Å². The Morgan fingerprint density at radius 2 is 2.50 bits per heavy atom. The van der Waals surface area contributed by atoms with E-state index >= 15 is 0 Å². The summed E-state index contributed by atoms with van der Waals surface area (Å²) in [6, 6.07) is 0. The molecule has 1 heterocycles. The van der Waals surface area contributed by atoms with Gasteiger partial charge in [0.1, 0.15) is 0 Å². The van der Waals surface area contributed by atoms with E-state index < -0.39 is 10.4 Å². The fraction of sp³-hybridized carbons (Fsp3) is 1.00. The predicted molar refractivity (Wildman–Crippen MR) is 33.2 cm³/mol. The smallest absolute Gasteiger partial charge is 0.174 e. The zero-order chi connectivity index (χ0) is 5.98. The highest BCUT2D eigenvalue weighted by molar-refractivity contribution is 8.14. The molecule has 2 atom stereocenters. The molecule has 2 unspecified atom stereocenters. The van der Waals surface area contributed by atoms with E-state index in [1.165, 1.54) is 0 Å². The van der Waals surface area contributed by atoms with E-state index in [2.05, 4.69) is 0 Å². The van der Waals surface area contributed by atoms with Crippen LogP contribution in [0.4, 0.5) is 0 Å². The van der Waals surface area contributed by atoms with Crippen molar-refractivity contribution in [3.63, 3.8) is 0 Å². The Bertz CT molecular complexity index is 72.4. The number of rotatable bonds is 1. The fourth-order valence-electron chi connectivity index (χ4n) is 0.659. The van der Waals surface area contributed by atoms with Crippen LogP contribution in [0, 0.1) is 0 Å². The number of hydrogen-bond donors (Lipinski definition) is 0. The molecule has 0 bridgehead atoms. The molecule has 8 heavy (non-hydrogen) atoms. The molecule has 0 N–H and O–H groups in total. The zero-order valence-corrected chi connectivity index (χ0v) is 5.87. The third-order valence-electron chi connectivity index (χ3n) is 1.15. The van der Waals surface area contributed by atoms with Crippen molar-refractivity contribution in [2.45, 2.75) is 11.7 Å². The number of hydrogen-bond acceptors (Lipinski definition) is 2. The normalized spacial score (nSPS) is 33.0. The molecule has 1 rings (SSSR count). The summed E-state index contributed by atoms with van der Waals surface area (Å²) in [7, 11) is 4.08. The fourth-order valence-corrected chi connectivity index (χ4v) is 1.57. The summed E-state index contributed by atoms with van der Waals surface area (Å²) < 4.78 is 15.4. The van der Waals surface area contributed by atoms with Gasteiger partial charge < -0.3 is 9.29 Å². The van der Waals surface area contributed by atoms with Gasteiger partial charge in [-0.05, 0) is 0 Å². The van der Waals surface area contributed by atoms with Crippen LogP contribution in [-0.4, -0.2) is 23.0 Å². The Labute approximate surface area is 55.8 Å². The summed E-state index contributed by atoms with van der Waals surface area (Å²) in [5.41, 5.74) is 0. The molecule has 48 valence electrons. The molecule has 0 aromatic carbocycles. The van der Waals surface area contributed by atoms with Gasteiger partial charge >= 0.3 is 0 Å². The van der Waals surface area contributed by atoms with E-state index in [-0.39, 0.29) is 5.25 Å². The second kappa shape index (κ2) is 2.92. The summed E-state index contributed by atoms with van der Waals surface area (Å²) >= 11 is 0. The van der Waals surface area contributed by atoms with E-state index in [4.69, 9.17) is 15.4 Å². The van der Waals surface area contributed by atoms with Crippen molar-refractivity contribution in [2.75, 3.05) is 13.2 Å². The van der Waals surface area contributed by atoms with Gasteiger partial charge in [-0.1, -0.05) is 0 Å². The van der Waals surface area contributed by atoms with Crippen LogP contribution in [0.2, 0.25) is 0 Å². The minimum absolute atomic E-state index is 0.0802. The Morgan fingerprint density at radius 1 is 1.75 bits per heavy atom. The van der Waals surface area contributed by atoms with Gasteiger partial charge in [0.05, 0.1) is 23.6 Å². The predicted octanol–water partition coefficient (Wildman–Crippen LogP) is 0.678. The number of halogens is 1. The first-order valence-electron chi connectivity index (χ1n) is 2.45. The van der Waals surface area contributed by atoms with Crippen molar-refractivity contribution in [1.82, 2.24) is 0 Å². The largest absolute Gasteiger partial charge is 0.599 e. The lowest BCUT2D eigenvalue weighted by Gasteiger charge is -2.03. The summed E-state index contributed by atoms with van der Waals surface area (Å²) in [5, 5.41) is 0.0802. The quantitative estimate of drug-likeness (QED) is 0.521. The molecule has 1 fully saturated rings. The van der Waals surface area contributed by atoms with Gasteiger partial charge in [-0.25, -0.2) is 0 Å². The highest BCUT2D eigenvalue weighted by atomic mass is 35.7. The molecule has 1 aliphatic heterocycles. The van der Waals surface area contributed by atoms with Crippen molar-refractivity contribution in [3.05, 3.63) is 0 Å². The van der Waals surface area contributed by atoms with Crippen LogP contribution in [0.5, 0.6) is 0 Å². The maximum atomic E-state index is 10.4. The van der Waals surface area contributed by atoms with Crippen LogP contribution in [-0.2, 0) is 15.1 Å². The molecule has 1 aliphatic rings. The molecule has 0 radical (unpaired) electrons. The molecule has 4 heteroatoms. The van der Waals surface area contributed by atoms with Crippen molar-refractivity contribution in [3.8, 4) is 0 Å². The van der Waals surface area contributed by atoms with Crippen LogP contribution in [0.1, 0.15) is 6.42 Å². The zero-order valence-electron chi connectivity index (χ0n) is 4.30. The first-order valence-corrected chi connectivity index (χ1v) is 4.49. The first-order chi connectivity index (χ1) is 3.80. The summed E-state index contributed by atoms with van der Waals surface area (Å²) in [5.74, 6) is 0. The summed E-state index contributed by atoms with van der Waals surface area (Å²) in [6.45, 7) is 1.28. The third kappa shape index (κ3) is 1.52. The summed E-state index contributed by atoms with van der Waals surface area (Å²) in [4.78, 5) is 0. The van der Waals surface area contributed by atoms with Gasteiger partial charge in [0, 0.05) is 6.42 Å². The van der Waals surface area contributed by atoms with Crippen molar-refractivity contribution < 1.29 is 9.29 Å². The Kier molecular flexibility index (Phi) is 2.43. The van der Waals surface area contributed by atoms with E-state index in [1.807, 2.05) is 0 Å². The van der Waals surface area contributed by atoms with Crippen molar-refractivity contribution >= 4 is 21.1 Å². The Hall–Kier alpha value is 0.560. The van der Waals surface area contributed by atoms with E-state index in [1.54, 1.807) is 0 Å². The SMILES string of the molecule is [O-][S+](Cl)C1CCOC1. The molecular weight excluding hydrogens is 148 g/mol.